The van der Waals surface area contributed by atoms with Gasteiger partial charge in [-0.2, -0.15) is 0 Å². The second kappa shape index (κ2) is 6.42. The van der Waals surface area contributed by atoms with Crippen molar-refractivity contribution < 1.29 is 4.79 Å². The fourth-order valence-electron chi connectivity index (χ4n) is 2.41. The number of carbonyl (C=O) groups excluding carboxylic acids is 1. The van der Waals surface area contributed by atoms with Gasteiger partial charge >= 0.3 is 0 Å². The van der Waals surface area contributed by atoms with Crippen LogP contribution in [0.1, 0.15) is 31.5 Å². The van der Waals surface area contributed by atoms with E-state index in [0.29, 0.717) is 6.54 Å². The normalized spacial score (nSPS) is 20.5. The lowest BCUT2D eigenvalue weighted by Crippen LogP contribution is -2.57. The van der Waals surface area contributed by atoms with Crippen molar-refractivity contribution in [3.8, 4) is 0 Å². The highest BCUT2D eigenvalue weighted by Crippen LogP contribution is 2.26. The first kappa shape index (κ1) is 16.4. The van der Waals surface area contributed by atoms with E-state index in [0.717, 1.165) is 30.3 Å². The van der Waals surface area contributed by atoms with Crippen LogP contribution in [-0.2, 0) is 16.8 Å². The lowest BCUT2D eigenvalue weighted by molar-refractivity contribution is -0.135. The molecule has 0 bridgehead atoms. The van der Waals surface area contributed by atoms with Crippen LogP contribution in [0.5, 0.6) is 0 Å². The van der Waals surface area contributed by atoms with E-state index in [4.69, 9.17) is 4.98 Å². The average Bonchev–Trinajstić information content (AvgIpc) is 2.87. The SMILES string of the molecule is CN(C)C(=O)C1CNCCN1Cc1csc(C(C)(C)C)n1. The molecule has 1 aromatic rings. The first-order valence-corrected chi connectivity index (χ1v) is 8.28. The molecule has 21 heavy (non-hydrogen) atoms. The molecule has 2 rings (SSSR count). The number of thiazole rings is 1. The molecule has 118 valence electrons. The number of carbonyl (C=O) groups is 1. The number of hydrogen-bond donors (Lipinski definition) is 1. The highest BCUT2D eigenvalue weighted by molar-refractivity contribution is 7.09. The van der Waals surface area contributed by atoms with E-state index in [9.17, 15) is 4.79 Å². The molecule has 1 aromatic heterocycles. The van der Waals surface area contributed by atoms with Gasteiger partial charge in [0.2, 0.25) is 5.91 Å². The number of aromatic nitrogens is 1. The summed E-state index contributed by atoms with van der Waals surface area (Å²) in [6, 6.07) is -0.0893. The highest BCUT2D eigenvalue weighted by Gasteiger charge is 2.30. The van der Waals surface area contributed by atoms with E-state index in [2.05, 4.69) is 36.4 Å². The molecule has 1 unspecified atom stereocenters. The minimum absolute atomic E-state index is 0.0885. The van der Waals surface area contributed by atoms with E-state index in [1.807, 2.05) is 14.1 Å². The second-order valence-corrected chi connectivity index (χ2v) is 7.68. The number of nitrogens with zero attached hydrogens (tertiary/aromatic N) is 3. The van der Waals surface area contributed by atoms with E-state index >= 15 is 0 Å². The summed E-state index contributed by atoms with van der Waals surface area (Å²) in [5.74, 6) is 0.161. The molecule has 1 aliphatic heterocycles. The highest BCUT2D eigenvalue weighted by atomic mass is 32.1. The minimum atomic E-state index is -0.0893. The van der Waals surface area contributed by atoms with Crippen molar-refractivity contribution in [2.45, 2.75) is 38.8 Å². The van der Waals surface area contributed by atoms with Gasteiger partial charge in [0.1, 0.15) is 6.04 Å². The zero-order chi connectivity index (χ0) is 15.6. The summed E-state index contributed by atoms with van der Waals surface area (Å²) in [4.78, 5) is 20.9. The Balaban J connectivity index is 2.09. The van der Waals surface area contributed by atoms with Crippen molar-refractivity contribution >= 4 is 17.2 Å². The Morgan fingerprint density at radius 3 is 2.81 bits per heavy atom. The topological polar surface area (TPSA) is 48.5 Å². The van der Waals surface area contributed by atoms with E-state index in [1.165, 1.54) is 0 Å². The van der Waals surface area contributed by atoms with Crippen LogP contribution >= 0.6 is 11.3 Å². The van der Waals surface area contributed by atoms with Crippen LogP contribution in [0.3, 0.4) is 0 Å². The standard InChI is InChI=1S/C15H26N4OS/c1-15(2,3)14-17-11(10-21-14)9-19-7-6-16-8-12(19)13(20)18(4)5/h10,12,16H,6-9H2,1-5H3. The molecular formula is C15H26N4OS. The van der Waals surface area contributed by atoms with E-state index < -0.39 is 0 Å². The van der Waals surface area contributed by atoms with Crippen LogP contribution in [0.25, 0.3) is 0 Å². The zero-order valence-corrected chi connectivity index (χ0v) is 14.5. The molecule has 0 spiro atoms. The summed E-state index contributed by atoms with van der Waals surface area (Å²) < 4.78 is 0. The third kappa shape index (κ3) is 4.02. The summed E-state index contributed by atoms with van der Waals surface area (Å²) in [7, 11) is 3.63. The van der Waals surface area contributed by atoms with Crippen molar-refractivity contribution in [1.29, 1.82) is 0 Å². The maximum atomic E-state index is 12.3. The van der Waals surface area contributed by atoms with Crippen LogP contribution in [0.15, 0.2) is 5.38 Å². The van der Waals surface area contributed by atoms with Gasteiger partial charge in [0.25, 0.3) is 0 Å². The molecule has 1 amide bonds. The third-order valence-corrected chi connectivity index (χ3v) is 4.96. The summed E-state index contributed by atoms with van der Waals surface area (Å²) >= 11 is 1.71. The molecule has 6 heteroatoms. The van der Waals surface area contributed by atoms with Crippen LogP contribution in [-0.4, -0.2) is 60.5 Å². The summed E-state index contributed by atoms with van der Waals surface area (Å²) in [5.41, 5.74) is 1.16. The quantitative estimate of drug-likeness (QED) is 0.914. The molecule has 0 aromatic carbocycles. The fraction of sp³-hybridized carbons (Fsp3) is 0.733. The Labute approximate surface area is 131 Å². The molecule has 1 saturated heterocycles. The predicted molar refractivity (Wildman–Crippen MR) is 86.6 cm³/mol. The number of rotatable bonds is 3. The molecule has 0 saturated carbocycles. The monoisotopic (exact) mass is 310 g/mol. The Morgan fingerprint density at radius 2 is 2.24 bits per heavy atom. The smallest absolute Gasteiger partial charge is 0.240 e. The summed E-state index contributed by atoms with van der Waals surface area (Å²) in [6.07, 6.45) is 0. The maximum absolute atomic E-state index is 12.3. The number of hydrogen-bond acceptors (Lipinski definition) is 5. The van der Waals surface area contributed by atoms with Gasteiger partial charge in [-0.25, -0.2) is 4.98 Å². The summed E-state index contributed by atoms with van der Waals surface area (Å²) in [6.45, 7) is 9.81. The van der Waals surface area contributed by atoms with Gasteiger partial charge in [0.05, 0.1) is 10.7 Å². The van der Waals surface area contributed by atoms with Gasteiger partial charge in [0.15, 0.2) is 0 Å². The Hall–Kier alpha value is -0.980. The second-order valence-electron chi connectivity index (χ2n) is 6.82. The van der Waals surface area contributed by atoms with Gasteiger partial charge in [-0.05, 0) is 0 Å². The minimum Gasteiger partial charge on any atom is -0.347 e. The maximum Gasteiger partial charge on any atom is 0.240 e. The van der Waals surface area contributed by atoms with Gasteiger partial charge in [-0.15, -0.1) is 11.3 Å². The Morgan fingerprint density at radius 1 is 1.52 bits per heavy atom. The molecule has 1 atom stereocenters. The van der Waals surface area contributed by atoms with Crippen molar-refractivity contribution in [1.82, 2.24) is 20.1 Å². The van der Waals surface area contributed by atoms with Gasteiger partial charge < -0.3 is 10.2 Å². The van der Waals surface area contributed by atoms with Gasteiger partial charge in [0, 0.05) is 51.1 Å². The molecule has 1 aliphatic rings. The van der Waals surface area contributed by atoms with Crippen molar-refractivity contribution in [3.05, 3.63) is 16.1 Å². The number of amides is 1. The van der Waals surface area contributed by atoms with Gasteiger partial charge in [-0.3, -0.25) is 9.69 Å². The zero-order valence-electron chi connectivity index (χ0n) is 13.6. The molecule has 1 N–H and O–H groups in total. The number of nitrogens with one attached hydrogen (secondary N) is 1. The largest absolute Gasteiger partial charge is 0.347 e. The van der Waals surface area contributed by atoms with Gasteiger partial charge in [-0.1, -0.05) is 20.8 Å². The molecule has 1 fully saturated rings. The molecular weight excluding hydrogens is 284 g/mol. The van der Waals surface area contributed by atoms with Crippen molar-refractivity contribution in [2.24, 2.45) is 0 Å². The number of likely N-dealkylation sites (N-methyl/N-ethyl adjacent to an activating group) is 1. The molecule has 0 radical (unpaired) electrons. The van der Waals surface area contributed by atoms with Crippen LogP contribution in [0, 0.1) is 0 Å². The summed E-state index contributed by atoms with van der Waals surface area (Å²) in [5, 5.41) is 6.59. The van der Waals surface area contributed by atoms with E-state index in [-0.39, 0.29) is 17.4 Å². The first-order chi connectivity index (χ1) is 9.79. The van der Waals surface area contributed by atoms with Crippen molar-refractivity contribution in [2.75, 3.05) is 33.7 Å². The molecule has 2 heterocycles. The van der Waals surface area contributed by atoms with Crippen molar-refractivity contribution in [3.63, 3.8) is 0 Å². The van der Waals surface area contributed by atoms with Crippen LogP contribution < -0.4 is 5.32 Å². The third-order valence-electron chi connectivity index (χ3n) is 3.64. The van der Waals surface area contributed by atoms with Crippen LogP contribution in [0.2, 0.25) is 0 Å². The first-order valence-electron chi connectivity index (χ1n) is 7.40. The average molecular weight is 310 g/mol. The van der Waals surface area contributed by atoms with E-state index in [1.54, 1.807) is 16.2 Å². The lowest BCUT2D eigenvalue weighted by Gasteiger charge is -2.36. The Bertz CT molecular complexity index is 492. The number of piperazine rings is 1. The van der Waals surface area contributed by atoms with Crippen LogP contribution in [0.4, 0.5) is 0 Å². The molecule has 0 aliphatic carbocycles. The lowest BCUT2D eigenvalue weighted by atomic mass is 9.98. The fourth-order valence-corrected chi connectivity index (χ4v) is 3.31. The Kier molecular flexibility index (Phi) is 5.01. The molecule has 5 nitrogen and oxygen atoms in total. The predicted octanol–water partition coefficient (Wildman–Crippen LogP) is 1.30.